The van der Waals surface area contributed by atoms with Crippen molar-refractivity contribution in [2.24, 2.45) is 0 Å². The standard InChI is InChI=1S/C14H18N6O2/c1-3-11-6-4-5-7-12(11)16-13(21)8-19(2)14(22)9-20-10-15-17-18-20/h4-7,10H,3,8-9H2,1-2H3,(H,16,21). The molecule has 1 aromatic carbocycles. The van der Waals surface area contributed by atoms with Gasteiger partial charge in [-0.05, 0) is 28.5 Å². The van der Waals surface area contributed by atoms with E-state index in [2.05, 4.69) is 20.8 Å². The summed E-state index contributed by atoms with van der Waals surface area (Å²) in [4.78, 5) is 25.3. The highest BCUT2D eigenvalue weighted by Gasteiger charge is 2.14. The molecule has 0 bridgehead atoms. The number of para-hydroxylation sites is 1. The summed E-state index contributed by atoms with van der Waals surface area (Å²) < 4.78 is 1.31. The van der Waals surface area contributed by atoms with Crippen LogP contribution in [0.5, 0.6) is 0 Å². The molecule has 8 nitrogen and oxygen atoms in total. The zero-order chi connectivity index (χ0) is 15.9. The summed E-state index contributed by atoms with van der Waals surface area (Å²) in [6, 6.07) is 7.60. The first-order valence-electron chi connectivity index (χ1n) is 6.92. The molecule has 0 radical (unpaired) electrons. The number of aryl methyl sites for hydroxylation is 1. The Morgan fingerprint density at radius 1 is 1.32 bits per heavy atom. The second kappa shape index (κ2) is 7.30. The second-order valence-electron chi connectivity index (χ2n) is 4.82. The molecule has 1 N–H and O–H groups in total. The molecule has 0 saturated heterocycles. The zero-order valence-electron chi connectivity index (χ0n) is 12.6. The molecule has 2 rings (SSSR count). The number of likely N-dealkylation sites (N-methyl/N-ethyl adjacent to an activating group) is 1. The summed E-state index contributed by atoms with van der Waals surface area (Å²) in [5, 5.41) is 13.3. The average Bonchev–Trinajstić information content (AvgIpc) is 3.00. The van der Waals surface area contributed by atoms with Crippen LogP contribution in [0.4, 0.5) is 5.69 Å². The Morgan fingerprint density at radius 3 is 2.77 bits per heavy atom. The average molecular weight is 302 g/mol. The fourth-order valence-corrected chi connectivity index (χ4v) is 1.96. The highest BCUT2D eigenvalue weighted by Crippen LogP contribution is 2.15. The molecule has 116 valence electrons. The van der Waals surface area contributed by atoms with E-state index in [4.69, 9.17) is 0 Å². The van der Waals surface area contributed by atoms with E-state index in [1.54, 1.807) is 7.05 Å². The summed E-state index contributed by atoms with van der Waals surface area (Å²) in [7, 11) is 1.57. The molecule has 8 heteroatoms. The number of aromatic nitrogens is 4. The van der Waals surface area contributed by atoms with Crippen LogP contribution in [0.3, 0.4) is 0 Å². The highest BCUT2D eigenvalue weighted by atomic mass is 16.2. The Morgan fingerprint density at radius 2 is 2.09 bits per heavy atom. The number of hydrogen-bond acceptors (Lipinski definition) is 5. The van der Waals surface area contributed by atoms with Crippen molar-refractivity contribution in [3.63, 3.8) is 0 Å². The van der Waals surface area contributed by atoms with Crippen molar-refractivity contribution < 1.29 is 9.59 Å². The number of nitrogens with one attached hydrogen (secondary N) is 1. The van der Waals surface area contributed by atoms with Crippen molar-refractivity contribution >= 4 is 17.5 Å². The Bertz CT molecular complexity index is 641. The topological polar surface area (TPSA) is 93.0 Å². The number of anilines is 1. The smallest absolute Gasteiger partial charge is 0.244 e. The molecule has 0 saturated carbocycles. The summed E-state index contributed by atoms with van der Waals surface area (Å²) in [6.07, 6.45) is 2.17. The van der Waals surface area contributed by atoms with Crippen LogP contribution in [0.15, 0.2) is 30.6 Å². The second-order valence-corrected chi connectivity index (χ2v) is 4.82. The summed E-state index contributed by atoms with van der Waals surface area (Å²) in [5.74, 6) is -0.486. The third kappa shape index (κ3) is 4.11. The number of amides is 2. The Balaban J connectivity index is 1.89. The van der Waals surface area contributed by atoms with Crippen molar-refractivity contribution in [3.8, 4) is 0 Å². The van der Waals surface area contributed by atoms with Crippen LogP contribution in [0.25, 0.3) is 0 Å². The minimum Gasteiger partial charge on any atom is -0.335 e. The van der Waals surface area contributed by atoms with Crippen molar-refractivity contribution in [1.82, 2.24) is 25.1 Å². The number of carbonyl (C=O) groups is 2. The van der Waals surface area contributed by atoms with Crippen LogP contribution in [-0.4, -0.2) is 50.5 Å². The Labute approximate surface area is 128 Å². The van der Waals surface area contributed by atoms with Crippen molar-refractivity contribution in [1.29, 1.82) is 0 Å². The summed E-state index contributed by atoms with van der Waals surface area (Å²) >= 11 is 0. The van der Waals surface area contributed by atoms with Gasteiger partial charge >= 0.3 is 0 Å². The lowest BCUT2D eigenvalue weighted by Gasteiger charge is -2.17. The molecular formula is C14H18N6O2. The molecule has 2 amide bonds. The number of benzene rings is 1. The molecule has 0 aliphatic rings. The molecule has 22 heavy (non-hydrogen) atoms. The summed E-state index contributed by atoms with van der Waals surface area (Å²) in [5.41, 5.74) is 1.83. The molecule has 0 unspecified atom stereocenters. The van der Waals surface area contributed by atoms with Gasteiger partial charge in [0.1, 0.15) is 12.9 Å². The van der Waals surface area contributed by atoms with Crippen molar-refractivity contribution in [2.45, 2.75) is 19.9 Å². The van der Waals surface area contributed by atoms with Gasteiger partial charge in [0.2, 0.25) is 11.8 Å². The molecule has 0 aliphatic carbocycles. The zero-order valence-corrected chi connectivity index (χ0v) is 12.6. The van der Waals surface area contributed by atoms with E-state index in [0.29, 0.717) is 0 Å². The maximum atomic E-state index is 12.0. The van der Waals surface area contributed by atoms with Gasteiger partial charge in [-0.15, -0.1) is 5.10 Å². The lowest BCUT2D eigenvalue weighted by atomic mass is 10.1. The number of hydrogen-bond donors (Lipinski definition) is 1. The van der Waals surface area contributed by atoms with Gasteiger partial charge in [0.25, 0.3) is 0 Å². The van der Waals surface area contributed by atoms with Gasteiger partial charge in [-0.1, -0.05) is 25.1 Å². The predicted octanol–water partition coefficient (Wildman–Crippen LogP) is 0.333. The first-order chi connectivity index (χ1) is 10.6. The van der Waals surface area contributed by atoms with E-state index in [1.165, 1.54) is 15.9 Å². The number of rotatable bonds is 6. The predicted molar refractivity (Wildman–Crippen MR) is 79.9 cm³/mol. The van der Waals surface area contributed by atoms with Gasteiger partial charge in [-0.25, -0.2) is 4.68 Å². The third-order valence-corrected chi connectivity index (χ3v) is 3.17. The molecule has 1 heterocycles. The lowest BCUT2D eigenvalue weighted by molar-refractivity contribution is -0.134. The van der Waals surface area contributed by atoms with Gasteiger partial charge in [-0.3, -0.25) is 9.59 Å². The quantitative estimate of drug-likeness (QED) is 0.830. The maximum Gasteiger partial charge on any atom is 0.244 e. The van der Waals surface area contributed by atoms with Crippen LogP contribution in [0.1, 0.15) is 12.5 Å². The van der Waals surface area contributed by atoms with Crippen LogP contribution < -0.4 is 5.32 Å². The van der Waals surface area contributed by atoms with Gasteiger partial charge < -0.3 is 10.2 Å². The van der Waals surface area contributed by atoms with E-state index < -0.39 is 0 Å². The van der Waals surface area contributed by atoms with Crippen molar-refractivity contribution in [3.05, 3.63) is 36.2 Å². The van der Waals surface area contributed by atoms with Crippen LogP contribution >= 0.6 is 0 Å². The fraction of sp³-hybridized carbons (Fsp3) is 0.357. The molecule has 2 aromatic rings. The molecule has 0 atom stereocenters. The molecule has 0 aliphatic heterocycles. The van der Waals surface area contributed by atoms with Crippen molar-refractivity contribution in [2.75, 3.05) is 18.9 Å². The van der Waals surface area contributed by atoms with E-state index in [0.717, 1.165) is 17.7 Å². The van der Waals surface area contributed by atoms with E-state index in [9.17, 15) is 9.59 Å². The highest BCUT2D eigenvalue weighted by molar-refractivity contribution is 5.95. The number of nitrogens with zero attached hydrogens (tertiary/aromatic N) is 5. The van der Waals surface area contributed by atoms with Gasteiger partial charge in [0.15, 0.2) is 0 Å². The maximum absolute atomic E-state index is 12.0. The van der Waals surface area contributed by atoms with E-state index in [-0.39, 0.29) is 24.9 Å². The molecule has 1 aromatic heterocycles. The molecular weight excluding hydrogens is 284 g/mol. The SMILES string of the molecule is CCc1ccccc1NC(=O)CN(C)C(=O)Cn1cnnn1. The Kier molecular flexibility index (Phi) is 5.18. The first kappa shape index (κ1) is 15.6. The van der Waals surface area contributed by atoms with Gasteiger partial charge in [-0.2, -0.15) is 0 Å². The summed E-state index contributed by atoms with van der Waals surface area (Å²) in [6.45, 7) is 1.99. The molecule has 0 fully saturated rings. The lowest BCUT2D eigenvalue weighted by Crippen LogP contribution is -2.37. The van der Waals surface area contributed by atoms with E-state index >= 15 is 0 Å². The minimum absolute atomic E-state index is 0.00231. The monoisotopic (exact) mass is 302 g/mol. The minimum atomic E-state index is -0.244. The third-order valence-electron chi connectivity index (χ3n) is 3.17. The van der Waals surface area contributed by atoms with Crippen LogP contribution in [0.2, 0.25) is 0 Å². The van der Waals surface area contributed by atoms with Gasteiger partial charge in [0.05, 0.1) is 6.54 Å². The fourth-order valence-electron chi connectivity index (χ4n) is 1.96. The number of tetrazole rings is 1. The largest absolute Gasteiger partial charge is 0.335 e. The number of carbonyl (C=O) groups excluding carboxylic acids is 2. The molecule has 0 spiro atoms. The first-order valence-corrected chi connectivity index (χ1v) is 6.92. The van der Waals surface area contributed by atoms with Crippen LogP contribution in [-0.2, 0) is 22.6 Å². The normalized spacial score (nSPS) is 10.3. The van der Waals surface area contributed by atoms with Crippen LogP contribution in [0, 0.1) is 0 Å². The van der Waals surface area contributed by atoms with Gasteiger partial charge in [0, 0.05) is 12.7 Å². The Hall–Kier alpha value is -2.77. The van der Waals surface area contributed by atoms with E-state index in [1.807, 2.05) is 31.2 Å².